The average Bonchev–Trinajstić information content (AvgIpc) is 2.58. The summed E-state index contributed by atoms with van der Waals surface area (Å²) < 4.78 is 15.1. The summed E-state index contributed by atoms with van der Waals surface area (Å²) in [7, 11) is 0. The SMILES string of the molecule is CC(=O)Oc1c(OC(=O)c2ccccc2)c2c(O)cccc2oc1=O. The minimum absolute atomic E-state index is 0.0169. The van der Waals surface area contributed by atoms with Crippen LogP contribution in [-0.4, -0.2) is 17.0 Å². The number of carbonyl (C=O) groups excluding carboxylic acids is 2. The van der Waals surface area contributed by atoms with Crippen molar-refractivity contribution in [1.29, 1.82) is 0 Å². The van der Waals surface area contributed by atoms with E-state index < -0.39 is 23.3 Å². The predicted octanol–water partition coefficient (Wildman–Crippen LogP) is 2.64. The maximum atomic E-state index is 12.3. The van der Waals surface area contributed by atoms with Crippen molar-refractivity contribution < 1.29 is 28.6 Å². The fraction of sp³-hybridized carbons (Fsp3) is 0.0556. The molecular weight excluding hydrogens is 328 g/mol. The highest BCUT2D eigenvalue weighted by Crippen LogP contribution is 2.38. The Kier molecular flexibility index (Phi) is 4.21. The van der Waals surface area contributed by atoms with Crippen LogP contribution in [0.1, 0.15) is 17.3 Å². The van der Waals surface area contributed by atoms with E-state index in [1.165, 1.54) is 30.3 Å². The van der Waals surface area contributed by atoms with Gasteiger partial charge in [0.05, 0.1) is 5.56 Å². The second-order valence-corrected chi connectivity index (χ2v) is 5.05. The molecule has 0 unspecified atom stereocenters. The number of esters is 2. The molecule has 0 fully saturated rings. The summed E-state index contributed by atoms with van der Waals surface area (Å²) in [6.07, 6.45) is 0. The molecule has 0 saturated carbocycles. The molecule has 2 aromatic carbocycles. The molecule has 0 aliphatic heterocycles. The van der Waals surface area contributed by atoms with Crippen LogP contribution in [0.2, 0.25) is 0 Å². The standard InChI is InChI=1S/C18H12O7/c1-10(19)23-16-15(25-17(21)11-6-3-2-4-7-11)14-12(20)8-5-9-13(14)24-18(16)22/h2-9,20H,1H3. The van der Waals surface area contributed by atoms with Crippen LogP contribution >= 0.6 is 0 Å². The van der Waals surface area contributed by atoms with E-state index in [1.807, 2.05) is 0 Å². The molecule has 0 bridgehead atoms. The lowest BCUT2D eigenvalue weighted by Crippen LogP contribution is -2.16. The number of hydrogen-bond donors (Lipinski definition) is 1. The van der Waals surface area contributed by atoms with Crippen LogP contribution in [0.4, 0.5) is 0 Å². The summed E-state index contributed by atoms with van der Waals surface area (Å²) in [5.74, 6) is -2.88. The van der Waals surface area contributed by atoms with Gasteiger partial charge in [0, 0.05) is 6.92 Å². The second kappa shape index (κ2) is 6.48. The van der Waals surface area contributed by atoms with Crippen LogP contribution in [-0.2, 0) is 4.79 Å². The molecule has 0 radical (unpaired) electrons. The molecule has 1 N–H and O–H groups in total. The van der Waals surface area contributed by atoms with Gasteiger partial charge in [-0.15, -0.1) is 0 Å². The monoisotopic (exact) mass is 340 g/mol. The van der Waals surface area contributed by atoms with Gasteiger partial charge in [-0.3, -0.25) is 4.79 Å². The molecule has 25 heavy (non-hydrogen) atoms. The number of benzene rings is 2. The maximum absolute atomic E-state index is 12.3. The molecule has 3 aromatic rings. The molecule has 0 aliphatic carbocycles. The summed E-state index contributed by atoms with van der Waals surface area (Å²) in [5.41, 5.74) is -0.811. The minimum atomic E-state index is -1.01. The summed E-state index contributed by atoms with van der Waals surface area (Å²) in [6, 6.07) is 12.2. The second-order valence-electron chi connectivity index (χ2n) is 5.05. The Bertz CT molecular complexity index is 1020. The van der Waals surface area contributed by atoms with E-state index in [-0.39, 0.29) is 28.0 Å². The van der Waals surface area contributed by atoms with Crippen molar-refractivity contribution in [3.8, 4) is 17.2 Å². The number of phenols is 1. The van der Waals surface area contributed by atoms with Gasteiger partial charge in [-0.25, -0.2) is 9.59 Å². The molecular formula is C18H12O7. The van der Waals surface area contributed by atoms with Crippen molar-refractivity contribution >= 4 is 22.9 Å². The Balaban J connectivity index is 2.21. The molecule has 0 aliphatic rings. The van der Waals surface area contributed by atoms with Gasteiger partial charge in [0.1, 0.15) is 16.7 Å². The molecule has 7 heteroatoms. The molecule has 0 spiro atoms. The number of hydrogen-bond acceptors (Lipinski definition) is 7. The van der Waals surface area contributed by atoms with E-state index in [4.69, 9.17) is 13.9 Å². The minimum Gasteiger partial charge on any atom is -0.507 e. The number of fused-ring (bicyclic) bond motifs is 1. The van der Waals surface area contributed by atoms with Gasteiger partial charge in [0.2, 0.25) is 0 Å². The summed E-state index contributed by atoms with van der Waals surface area (Å²) in [6.45, 7) is 1.08. The summed E-state index contributed by atoms with van der Waals surface area (Å²) >= 11 is 0. The molecule has 0 amide bonds. The average molecular weight is 340 g/mol. The fourth-order valence-electron chi connectivity index (χ4n) is 2.24. The fourth-order valence-corrected chi connectivity index (χ4v) is 2.24. The number of ether oxygens (including phenoxy) is 2. The molecule has 7 nitrogen and oxygen atoms in total. The van der Waals surface area contributed by atoms with Crippen LogP contribution in [0.3, 0.4) is 0 Å². The Morgan fingerprint density at radius 1 is 0.960 bits per heavy atom. The first-order chi connectivity index (χ1) is 12.0. The highest BCUT2D eigenvalue weighted by atomic mass is 16.6. The third-order valence-corrected chi connectivity index (χ3v) is 3.28. The number of rotatable bonds is 3. The predicted molar refractivity (Wildman–Crippen MR) is 86.9 cm³/mol. The number of aromatic hydroxyl groups is 1. The first-order valence-corrected chi connectivity index (χ1v) is 7.22. The van der Waals surface area contributed by atoms with Gasteiger partial charge >= 0.3 is 17.6 Å². The van der Waals surface area contributed by atoms with Gasteiger partial charge < -0.3 is 19.0 Å². The van der Waals surface area contributed by atoms with Crippen molar-refractivity contribution in [3.63, 3.8) is 0 Å². The largest absolute Gasteiger partial charge is 0.507 e. The quantitative estimate of drug-likeness (QED) is 0.577. The highest BCUT2D eigenvalue weighted by molar-refractivity contribution is 5.97. The lowest BCUT2D eigenvalue weighted by atomic mass is 10.2. The Hall–Kier alpha value is -3.61. The summed E-state index contributed by atoms with van der Waals surface area (Å²) in [4.78, 5) is 35.7. The van der Waals surface area contributed by atoms with Gasteiger partial charge in [0.15, 0.2) is 5.75 Å². The van der Waals surface area contributed by atoms with Gasteiger partial charge in [-0.1, -0.05) is 24.3 Å². The van der Waals surface area contributed by atoms with E-state index in [2.05, 4.69) is 0 Å². The number of carbonyl (C=O) groups is 2. The molecule has 3 rings (SSSR count). The zero-order valence-electron chi connectivity index (χ0n) is 13.0. The third-order valence-electron chi connectivity index (χ3n) is 3.28. The van der Waals surface area contributed by atoms with Crippen LogP contribution in [0.5, 0.6) is 17.2 Å². The maximum Gasteiger partial charge on any atom is 0.383 e. The van der Waals surface area contributed by atoms with Crippen LogP contribution in [0.25, 0.3) is 11.0 Å². The van der Waals surface area contributed by atoms with Crippen LogP contribution < -0.4 is 15.1 Å². The molecule has 126 valence electrons. The Morgan fingerprint density at radius 3 is 2.36 bits per heavy atom. The molecule has 1 heterocycles. The number of phenolic OH excluding ortho intramolecular Hbond substituents is 1. The zero-order chi connectivity index (χ0) is 18.0. The van der Waals surface area contributed by atoms with Crippen molar-refractivity contribution in [1.82, 2.24) is 0 Å². The van der Waals surface area contributed by atoms with E-state index >= 15 is 0 Å². The van der Waals surface area contributed by atoms with Gasteiger partial charge in [-0.2, -0.15) is 0 Å². The first kappa shape index (κ1) is 16.3. The normalized spacial score (nSPS) is 10.4. The summed E-state index contributed by atoms with van der Waals surface area (Å²) in [5, 5.41) is 10.0. The van der Waals surface area contributed by atoms with Crippen molar-refractivity contribution in [2.75, 3.05) is 0 Å². The van der Waals surface area contributed by atoms with Crippen LogP contribution in [0, 0.1) is 0 Å². The van der Waals surface area contributed by atoms with Crippen LogP contribution in [0.15, 0.2) is 57.7 Å². The lowest BCUT2D eigenvalue weighted by molar-refractivity contribution is -0.132. The van der Waals surface area contributed by atoms with Gasteiger partial charge in [0.25, 0.3) is 5.75 Å². The highest BCUT2D eigenvalue weighted by Gasteiger charge is 2.24. The molecule has 0 atom stereocenters. The molecule has 1 aromatic heterocycles. The van der Waals surface area contributed by atoms with Crippen molar-refractivity contribution in [2.24, 2.45) is 0 Å². The Labute approximate surface area is 141 Å². The lowest BCUT2D eigenvalue weighted by Gasteiger charge is -2.11. The van der Waals surface area contributed by atoms with Crippen molar-refractivity contribution in [3.05, 3.63) is 64.5 Å². The first-order valence-electron chi connectivity index (χ1n) is 7.22. The van der Waals surface area contributed by atoms with Gasteiger partial charge in [-0.05, 0) is 24.3 Å². The smallest absolute Gasteiger partial charge is 0.383 e. The third kappa shape index (κ3) is 3.20. The molecule has 0 saturated heterocycles. The topological polar surface area (TPSA) is 103 Å². The zero-order valence-corrected chi connectivity index (χ0v) is 13.0. The Morgan fingerprint density at radius 2 is 1.68 bits per heavy atom. The van der Waals surface area contributed by atoms with E-state index in [0.29, 0.717) is 0 Å². The van der Waals surface area contributed by atoms with E-state index in [9.17, 15) is 19.5 Å². The van der Waals surface area contributed by atoms with Crippen molar-refractivity contribution in [2.45, 2.75) is 6.92 Å². The van der Waals surface area contributed by atoms with E-state index in [0.717, 1.165) is 6.92 Å². The van der Waals surface area contributed by atoms with E-state index in [1.54, 1.807) is 18.2 Å².